The van der Waals surface area contributed by atoms with Crippen molar-refractivity contribution in [3.05, 3.63) is 75.5 Å². The van der Waals surface area contributed by atoms with Gasteiger partial charge < -0.3 is 5.32 Å². The highest BCUT2D eigenvalue weighted by Gasteiger charge is 2.12. The molecule has 2 heterocycles. The van der Waals surface area contributed by atoms with Gasteiger partial charge in [-0.25, -0.2) is 0 Å². The van der Waals surface area contributed by atoms with Gasteiger partial charge in [0, 0.05) is 17.2 Å². The molecule has 5 heteroatoms. The molecule has 4 rings (SSSR count). The fourth-order valence-corrected chi connectivity index (χ4v) is 4.50. The van der Waals surface area contributed by atoms with Crippen LogP contribution in [0.25, 0.3) is 22.5 Å². The van der Waals surface area contributed by atoms with Crippen molar-refractivity contribution < 1.29 is 0 Å². The molecule has 0 spiro atoms. The molecule has 3 N–H and O–H groups in total. The number of aromatic nitrogens is 4. The first-order valence-corrected chi connectivity index (χ1v) is 10.3. The Bertz CT molecular complexity index is 1070. The number of aromatic amines is 2. The van der Waals surface area contributed by atoms with Crippen molar-refractivity contribution in [2.45, 2.75) is 48.1 Å². The van der Waals surface area contributed by atoms with E-state index < -0.39 is 0 Å². The van der Waals surface area contributed by atoms with Gasteiger partial charge in [0.25, 0.3) is 0 Å². The van der Waals surface area contributed by atoms with Gasteiger partial charge in [0.15, 0.2) is 0 Å². The second-order valence-corrected chi connectivity index (χ2v) is 8.35. The van der Waals surface area contributed by atoms with Crippen LogP contribution in [-0.2, 0) is 6.54 Å². The highest BCUT2D eigenvalue weighted by atomic mass is 15.2. The molecule has 0 unspecified atom stereocenters. The van der Waals surface area contributed by atoms with Crippen LogP contribution in [0.3, 0.4) is 0 Å². The van der Waals surface area contributed by atoms with E-state index in [1.165, 1.54) is 44.5 Å². The van der Waals surface area contributed by atoms with Crippen LogP contribution >= 0.6 is 0 Å². The van der Waals surface area contributed by atoms with E-state index in [9.17, 15) is 0 Å². The maximum Gasteiger partial charge on any atom is 0.148 e. The minimum atomic E-state index is 0.632. The Morgan fingerprint density at radius 3 is 1.83 bits per heavy atom. The lowest BCUT2D eigenvalue weighted by Crippen LogP contribution is -1.99. The largest absolute Gasteiger partial charge is 0.363 e. The maximum atomic E-state index is 4.54. The Kier molecular flexibility index (Phi) is 5.20. The predicted octanol–water partition coefficient (Wildman–Crippen LogP) is 5.93. The summed E-state index contributed by atoms with van der Waals surface area (Å²) < 4.78 is 0. The zero-order valence-corrected chi connectivity index (χ0v) is 18.6. The molecular formula is C25H29N5. The predicted molar refractivity (Wildman–Crippen MR) is 124 cm³/mol. The number of H-pyrrole nitrogens is 2. The lowest BCUT2D eigenvalue weighted by atomic mass is 9.97. The summed E-state index contributed by atoms with van der Waals surface area (Å²) in [7, 11) is 0. The van der Waals surface area contributed by atoms with E-state index in [-0.39, 0.29) is 0 Å². The highest BCUT2D eigenvalue weighted by Crippen LogP contribution is 2.29. The maximum absolute atomic E-state index is 4.54. The van der Waals surface area contributed by atoms with Crippen LogP contribution < -0.4 is 5.32 Å². The van der Waals surface area contributed by atoms with Gasteiger partial charge in [-0.3, -0.25) is 10.2 Å². The molecule has 0 bridgehead atoms. The summed E-state index contributed by atoms with van der Waals surface area (Å²) in [6.45, 7) is 13.5. The van der Waals surface area contributed by atoms with Crippen LogP contribution in [0.5, 0.6) is 0 Å². The molecule has 154 valence electrons. The topological polar surface area (TPSA) is 69.4 Å². The Morgan fingerprint density at radius 1 is 0.667 bits per heavy atom. The third kappa shape index (κ3) is 3.88. The lowest BCUT2D eigenvalue weighted by Gasteiger charge is -2.09. The summed E-state index contributed by atoms with van der Waals surface area (Å²) in [6, 6.07) is 13.0. The first-order chi connectivity index (χ1) is 14.3. The van der Waals surface area contributed by atoms with Crippen LogP contribution in [0.2, 0.25) is 0 Å². The van der Waals surface area contributed by atoms with Crippen molar-refractivity contribution in [1.29, 1.82) is 0 Å². The monoisotopic (exact) mass is 399 g/mol. The van der Waals surface area contributed by atoms with E-state index in [4.69, 9.17) is 0 Å². The fourth-order valence-electron chi connectivity index (χ4n) is 4.50. The lowest BCUT2D eigenvalue weighted by molar-refractivity contribution is 0.969. The summed E-state index contributed by atoms with van der Waals surface area (Å²) in [5, 5.41) is 18.7. The van der Waals surface area contributed by atoms with Gasteiger partial charge >= 0.3 is 0 Å². The first kappa shape index (κ1) is 20.0. The molecule has 0 atom stereocenters. The van der Waals surface area contributed by atoms with Crippen molar-refractivity contribution >= 4 is 5.82 Å². The second-order valence-electron chi connectivity index (χ2n) is 8.35. The third-order valence-electron chi connectivity index (χ3n) is 5.55. The molecule has 0 saturated carbocycles. The number of anilines is 1. The van der Waals surface area contributed by atoms with Crippen molar-refractivity contribution in [2.75, 3.05) is 5.32 Å². The van der Waals surface area contributed by atoms with Crippen LogP contribution in [0.1, 0.15) is 39.1 Å². The molecule has 0 amide bonds. The summed E-state index contributed by atoms with van der Waals surface area (Å²) >= 11 is 0. The average Bonchev–Trinajstić information content (AvgIpc) is 3.28. The van der Waals surface area contributed by atoms with Gasteiger partial charge in [0.05, 0.1) is 23.6 Å². The summed E-state index contributed by atoms with van der Waals surface area (Å²) in [4.78, 5) is 0. The van der Waals surface area contributed by atoms with Crippen molar-refractivity contribution in [3.8, 4) is 22.5 Å². The number of nitrogens with zero attached hydrogens (tertiary/aromatic N) is 2. The fraction of sp³-hybridized carbons (Fsp3) is 0.280. The van der Waals surface area contributed by atoms with Gasteiger partial charge in [0.2, 0.25) is 0 Å². The SMILES string of the molecule is Cc1cc(C)c(-c2cc(CNc3cc(-c4c(C)cc(C)cc4C)[nH]n3)[nH]n2)c(C)c1. The highest BCUT2D eigenvalue weighted by molar-refractivity contribution is 5.71. The average molecular weight is 400 g/mol. The summed E-state index contributed by atoms with van der Waals surface area (Å²) in [6.07, 6.45) is 0. The Morgan fingerprint density at radius 2 is 1.23 bits per heavy atom. The minimum absolute atomic E-state index is 0.632. The van der Waals surface area contributed by atoms with Crippen LogP contribution in [0, 0.1) is 41.5 Å². The van der Waals surface area contributed by atoms with Crippen molar-refractivity contribution in [2.24, 2.45) is 0 Å². The molecule has 0 aliphatic carbocycles. The van der Waals surface area contributed by atoms with Gasteiger partial charge in [-0.15, -0.1) is 0 Å². The van der Waals surface area contributed by atoms with Crippen LogP contribution in [-0.4, -0.2) is 20.4 Å². The molecule has 2 aromatic heterocycles. The number of rotatable bonds is 5. The zero-order chi connectivity index (χ0) is 21.4. The van der Waals surface area contributed by atoms with E-state index in [1.807, 2.05) is 0 Å². The van der Waals surface area contributed by atoms with E-state index in [1.54, 1.807) is 0 Å². The van der Waals surface area contributed by atoms with E-state index in [0.29, 0.717) is 6.54 Å². The van der Waals surface area contributed by atoms with E-state index in [2.05, 4.69) is 104 Å². The van der Waals surface area contributed by atoms with Gasteiger partial charge in [-0.1, -0.05) is 35.4 Å². The Labute approximate surface area is 178 Å². The molecule has 2 aromatic carbocycles. The molecule has 0 fully saturated rings. The first-order valence-electron chi connectivity index (χ1n) is 10.3. The number of nitrogens with one attached hydrogen (secondary N) is 3. The van der Waals surface area contributed by atoms with Gasteiger partial charge in [-0.05, 0) is 69.9 Å². The number of aryl methyl sites for hydroxylation is 6. The van der Waals surface area contributed by atoms with Gasteiger partial charge in [-0.2, -0.15) is 10.2 Å². The quantitative estimate of drug-likeness (QED) is 0.389. The molecule has 0 radical (unpaired) electrons. The number of hydrogen-bond donors (Lipinski definition) is 3. The molecule has 30 heavy (non-hydrogen) atoms. The molecule has 4 aromatic rings. The second kappa shape index (κ2) is 7.82. The van der Waals surface area contributed by atoms with E-state index in [0.717, 1.165) is 22.9 Å². The molecule has 0 aliphatic heterocycles. The third-order valence-corrected chi connectivity index (χ3v) is 5.55. The molecule has 5 nitrogen and oxygen atoms in total. The summed E-state index contributed by atoms with van der Waals surface area (Å²) in [5.41, 5.74) is 13.0. The number of hydrogen-bond acceptors (Lipinski definition) is 3. The summed E-state index contributed by atoms with van der Waals surface area (Å²) in [5.74, 6) is 0.822. The van der Waals surface area contributed by atoms with Crippen LogP contribution in [0.4, 0.5) is 5.82 Å². The van der Waals surface area contributed by atoms with Crippen molar-refractivity contribution in [1.82, 2.24) is 20.4 Å². The minimum Gasteiger partial charge on any atom is -0.363 e. The molecule has 0 saturated heterocycles. The van der Waals surface area contributed by atoms with E-state index >= 15 is 0 Å². The molecular weight excluding hydrogens is 370 g/mol. The Hall–Kier alpha value is -3.34. The smallest absolute Gasteiger partial charge is 0.148 e. The Balaban J connectivity index is 1.50. The van der Waals surface area contributed by atoms with Crippen LogP contribution in [0.15, 0.2) is 36.4 Å². The standard InChI is InChI=1S/C25H29N5/c1-14-7-16(3)24(17(4)8-14)21-11-20(27-28-21)13-26-23-12-22(29-30-23)25-18(5)9-15(2)10-19(25)6/h7-12H,13H2,1-6H3,(H,27,28)(H2,26,29,30). The zero-order valence-electron chi connectivity index (χ0n) is 18.6. The van der Waals surface area contributed by atoms with Crippen molar-refractivity contribution in [3.63, 3.8) is 0 Å². The molecule has 0 aliphatic rings. The van der Waals surface area contributed by atoms with Gasteiger partial charge in [0.1, 0.15) is 5.82 Å². The number of benzene rings is 2. The normalized spacial score (nSPS) is 11.1.